The van der Waals surface area contributed by atoms with Crippen molar-refractivity contribution in [2.75, 3.05) is 0 Å². The number of aldehydes is 2. The smallest absolute Gasteiger partial charge is 0.153 e. The van der Waals surface area contributed by atoms with Crippen molar-refractivity contribution in [3.05, 3.63) is 112 Å². The predicted octanol–water partition coefficient (Wildman–Crippen LogP) is 6.75. The molecule has 0 bridgehead atoms. The molecule has 4 aromatic rings. The summed E-state index contributed by atoms with van der Waals surface area (Å²) >= 11 is 0. The van der Waals surface area contributed by atoms with Crippen LogP contribution in [0.25, 0.3) is 11.1 Å². The summed E-state index contributed by atoms with van der Waals surface area (Å²) in [6.45, 7) is 7.83. The number of hydrogen-bond acceptors (Lipinski definition) is 5. The topological polar surface area (TPSA) is 94.8 Å². The van der Waals surface area contributed by atoms with E-state index in [9.17, 15) is 24.9 Å². The SMILES string of the molecule is CC(C)(c1ccc(O)c(C=O)c1)c1cc(-c2ccccc2)cc(C(C)(C)c2ccc(O)c(C=O)c2)c1O. The molecule has 0 aromatic heterocycles. The van der Waals surface area contributed by atoms with Gasteiger partial charge < -0.3 is 15.3 Å². The number of carbonyl (C=O) groups is 2. The molecule has 0 aliphatic heterocycles. The van der Waals surface area contributed by atoms with Crippen LogP contribution in [-0.4, -0.2) is 27.9 Å². The Balaban J connectivity index is 2.00. The molecule has 0 radical (unpaired) electrons. The van der Waals surface area contributed by atoms with Crippen LogP contribution < -0.4 is 0 Å². The number of phenolic OH excluding ortho intramolecular Hbond substituents is 3. The highest BCUT2D eigenvalue weighted by atomic mass is 16.3. The second-order valence-electron chi connectivity index (χ2n) is 10.3. The van der Waals surface area contributed by atoms with Gasteiger partial charge in [0.2, 0.25) is 0 Å². The molecule has 0 aliphatic carbocycles. The molecule has 188 valence electrons. The van der Waals surface area contributed by atoms with Gasteiger partial charge in [0.25, 0.3) is 0 Å². The Morgan fingerprint density at radius 2 is 1.00 bits per heavy atom. The molecule has 37 heavy (non-hydrogen) atoms. The molecule has 0 unspecified atom stereocenters. The summed E-state index contributed by atoms with van der Waals surface area (Å²) in [7, 11) is 0. The van der Waals surface area contributed by atoms with Crippen LogP contribution in [0.2, 0.25) is 0 Å². The third kappa shape index (κ3) is 4.60. The van der Waals surface area contributed by atoms with Gasteiger partial charge in [-0.15, -0.1) is 0 Å². The largest absolute Gasteiger partial charge is 0.507 e. The highest BCUT2D eigenvalue weighted by Crippen LogP contribution is 2.47. The first kappa shape index (κ1) is 25.7. The molecule has 0 saturated carbocycles. The van der Waals surface area contributed by atoms with Crippen molar-refractivity contribution in [1.29, 1.82) is 0 Å². The first-order valence-corrected chi connectivity index (χ1v) is 12.0. The van der Waals surface area contributed by atoms with Gasteiger partial charge in [0.1, 0.15) is 17.2 Å². The van der Waals surface area contributed by atoms with Gasteiger partial charge in [0.15, 0.2) is 12.6 Å². The van der Waals surface area contributed by atoms with Gasteiger partial charge in [-0.3, -0.25) is 9.59 Å². The third-order valence-corrected chi connectivity index (χ3v) is 7.32. The monoisotopic (exact) mass is 494 g/mol. The van der Waals surface area contributed by atoms with E-state index in [4.69, 9.17) is 0 Å². The molecular formula is C32H30O5. The van der Waals surface area contributed by atoms with Crippen LogP contribution in [0.1, 0.15) is 70.7 Å². The van der Waals surface area contributed by atoms with E-state index in [0.717, 1.165) is 22.3 Å². The van der Waals surface area contributed by atoms with Crippen molar-refractivity contribution in [3.63, 3.8) is 0 Å². The maximum atomic E-state index is 11.8. The quantitative estimate of drug-likeness (QED) is 0.247. The second kappa shape index (κ2) is 9.58. The van der Waals surface area contributed by atoms with E-state index < -0.39 is 10.8 Å². The molecule has 0 atom stereocenters. The maximum absolute atomic E-state index is 11.8. The summed E-state index contributed by atoms with van der Waals surface area (Å²) in [5, 5.41) is 31.8. The molecule has 5 heteroatoms. The van der Waals surface area contributed by atoms with E-state index in [2.05, 4.69) is 0 Å². The number of carbonyl (C=O) groups excluding carboxylic acids is 2. The van der Waals surface area contributed by atoms with Crippen LogP contribution in [-0.2, 0) is 10.8 Å². The van der Waals surface area contributed by atoms with E-state index >= 15 is 0 Å². The van der Waals surface area contributed by atoms with Gasteiger partial charge in [-0.25, -0.2) is 0 Å². The first-order chi connectivity index (χ1) is 17.5. The summed E-state index contributed by atoms with van der Waals surface area (Å²) in [6, 6.07) is 23.5. The Labute approximate surface area is 216 Å². The Kier molecular flexibility index (Phi) is 6.66. The van der Waals surface area contributed by atoms with Crippen LogP contribution in [0, 0.1) is 0 Å². The zero-order valence-corrected chi connectivity index (χ0v) is 21.3. The second-order valence-corrected chi connectivity index (χ2v) is 10.3. The summed E-state index contributed by atoms with van der Waals surface area (Å²) in [4.78, 5) is 23.0. The minimum absolute atomic E-state index is 0.0936. The summed E-state index contributed by atoms with van der Waals surface area (Å²) in [5.41, 5.74) is 3.54. The minimum Gasteiger partial charge on any atom is -0.507 e. The highest BCUT2D eigenvalue weighted by Gasteiger charge is 2.34. The zero-order valence-electron chi connectivity index (χ0n) is 21.3. The fraction of sp³-hybridized carbons (Fsp3) is 0.188. The number of phenols is 3. The van der Waals surface area contributed by atoms with Crippen molar-refractivity contribution in [1.82, 2.24) is 0 Å². The van der Waals surface area contributed by atoms with Crippen molar-refractivity contribution < 1.29 is 24.9 Å². The molecule has 0 saturated heterocycles. The molecule has 4 rings (SSSR count). The summed E-state index contributed by atoms with van der Waals surface area (Å²) < 4.78 is 0. The van der Waals surface area contributed by atoms with Gasteiger partial charge in [-0.1, -0.05) is 70.2 Å². The Morgan fingerprint density at radius 1 is 0.568 bits per heavy atom. The van der Waals surface area contributed by atoms with E-state index in [1.165, 1.54) is 12.1 Å². The Bertz CT molecular complexity index is 1390. The number of hydrogen-bond donors (Lipinski definition) is 3. The summed E-state index contributed by atoms with van der Waals surface area (Å²) in [5.74, 6) is -0.106. The number of rotatable bonds is 7. The lowest BCUT2D eigenvalue weighted by atomic mass is 9.71. The minimum atomic E-state index is -0.742. The van der Waals surface area contributed by atoms with Crippen LogP contribution >= 0.6 is 0 Å². The Morgan fingerprint density at radius 3 is 1.41 bits per heavy atom. The van der Waals surface area contributed by atoms with Crippen molar-refractivity contribution >= 4 is 12.6 Å². The van der Waals surface area contributed by atoms with Gasteiger partial charge >= 0.3 is 0 Å². The zero-order chi connectivity index (χ0) is 27.0. The van der Waals surface area contributed by atoms with E-state index in [0.29, 0.717) is 23.7 Å². The van der Waals surface area contributed by atoms with Gasteiger partial charge in [0, 0.05) is 22.0 Å². The standard InChI is InChI=1S/C32H30O5/c1-31(2,24-10-12-28(35)22(14-24)18-33)26-16-21(20-8-6-5-7-9-20)17-27(30(26)37)32(3,4)25-11-13-29(36)23(15-25)19-34/h5-19,35-37H,1-4H3. The maximum Gasteiger partial charge on any atom is 0.153 e. The van der Waals surface area contributed by atoms with E-state index in [1.54, 1.807) is 24.3 Å². The van der Waals surface area contributed by atoms with Crippen LogP contribution in [0.4, 0.5) is 0 Å². The van der Waals surface area contributed by atoms with E-state index in [-0.39, 0.29) is 28.4 Å². The average molecular weight is 495 g/mol. The van der Waals surface area contributed by atoms with Gasteiger partial charge in [-0.05, 0) is 58.7 Å². The van der Waals surface area contributed by atoms with Crippen molar-refractivity contribution in [3.8, 4) is 28.4 Å². The lowest BCUT2D eigenvalue weighted by molar-refractivity contribution is 0.111. The lowest BCUT2D eigenvalue weighted by Crippen LogP contribution is -2.24. The molecule has 3 N–H and O–H groups in total. The van der Waals surface area contributed by atoms with Crippen LogP contribution in [0.3, 0.4) is 0 Å². The first-order valence-electron chi connectivity index (χ1n) is 12.0. The Hall–Kier alpha value is -4.38. The van der Waals surface area contributed by atoms with Crippen LogP contribution in [0.15, 0.2) is 78.9 Å². The van der Waals surface area contributed by atoms with Crippen molar-refractivity contribution in [2.24, 2.45) is 0 Å². The molecule has 0 spiro atoms. The van der Waals surface area contributed by atoms with Gasteiger partial charge in [0.05, 0.1) is 11.1 Å². The third-order valence-electron chi connectivity index (χ3n) is 7.32. The van der Waals surface area contributed by atoms with Gasteiger partial charge in [-0.2, -0.15) is 0 Å². The molecule has 0 heterocycles. The van der Waals surface area contributed by atoms with Crippen LogP contribution in [0.5, 0.6) is 17.2 Å². The molecule has 0 aliphatic rings. The highest BCUT2D eigenvalue weighted by molar-refractivity contribution is 5.81. The average Bonchev–Trinajstić information content (AvgIpc) is 2.89. The summed E-state index contributed by atoms with van der Waals surface area (Å²) in [6.07, 6.45) is 1.22. The van der Waals surface area contributed by atoms with E-state index in [1.807, 2.05) is 70.2 Å². The lowest BCUT2D eigenvalue weighted by Gasteiger charge is -2.33. The molecule has 0 amide bonds. The molecule has 4 aromatic carbocycles. The predicted molar refractivity (Wildman–Crippen MR) is 145 cm³/mol. The van der Waals surface area contributed by atoms with Crippen molar-refractivity contribution in [2.45, 2.75) is 38.5 Å². The molecule has 0 fully saturated rings. The fourth-order valence-corrected chi connectivity index (χ4v) is 4.77. The number of benzene rings is 4. The molecule has 5 nitrogen and oxygen atoms in total. The molecular weight excluding hydrogens is 464 g/mol. The number of aromatic hydroxyl groups is 3. The normalized spacial score (nSPS) is 11.8. The fourth-order valence-electron chi connectivity index (χ4n) is 4.77.